The fraction of sp³-hybridized carbons (Fsp3) is 0.517. The third-order valence-electron chi connectivity index (χ3n) is 6.54. The number of ketones is 1. The number of carbonyl (C=O) groups excluding carboxylic acids is 2. The molecule has 8 nitrogen and oxygen atoms in total. The van der Waals surface area contributed by atoms with E-state index in [2.05, 4.69) is 16.7 Å². The minimum absolute atomic E-state index is 0.0663. The molecule has 0 bridgehead atoms. The number of rotatable bonds is 14. The number of unbranched alkanes of at least 4 members (excludes halogenated alkanes) is 2. The highest BCUT2D eigenvalue weighted by molar-refractivity contribution is 5.99. The van der Waals surface area contributed by atoms with Gasteiger partial charge >= 0.3 is 11.7 Å². The van der Waals surface area contributed by atoms with Crippen LogP contribution in [0.1, 0.15) is 87.4 Å². The zero-order chi connectivity index (χ0) is 27.4. The molecular weight excluding hydrogens is 474 g/mol. The van der Waals surface area contributed by atoms with Gasteiger partial charge in [-0.05, 0) is 55.7 Å². The smallest absolute Gasteiger partial charge is 0.432 e. The number of aliphatic imine (C=N–C) groups is 1. The second kappa shape index (κ2) is 15.0. The predicted molar refractivity (Wildman–Crippen MR) is 143 cm³/mol. The molecule has 2 rings (SSSR count). The highest BCUT2D eigenvalue weighted by Crippen LogP contribution is 2.28. The molecule has 0 spiro atoms. The molecule has 0 radical (unpaired) electrons. The van der Waals surface area contributed by atoms with E-state index in [1.165, 1.54) is 19.4 Å². The number of hydrogen-bond acceptors (Lipinski definition) is 7. The molecule has 8 heteroatoms. The Morgan fingerprint density at radius 2 is 1.84 bits per heavy atom. The van der Waals surface area contributed by atoms with Crippen LogP contribution in [-0.4, -0.2) is 36.9 Å². The van der Waals surface area contributed by atoms with Gasteiger partial charge in [-0.1, -0.05) is 46.2 Å². The lowest BCUT2D eigenvalue weighted by molar-refractivity contribution is 0.0885. The molecule has 3 atom stereocenters. The van der Waals surface area contributed by atoms with E-state index in [0.29, 0.717) is 38.1 Å². The normalized spacial score (nSPS) is 13.8. The lowest BCUT2D eigenvalue weighted by atomic mass is 9.84. The largest absolute Gasteiger partial charge is 0.507 e. The van der Waals surface area contributed by atoms with Crippen molar-refractivity contribution in [2.75, 3.05) is 13.7 Å². The molecule has 1 aromatic heterocycles. The van der Waals surface area contributed by atoms with E-state index < -0.39 is 23.4 Å². The van der Waals surface area contributed by atoms with E-state index >= 15 is 0 Å². The number of carbonyl (C=O) groups is 2. The molecule has 0 aliphatic rings. The van der Waals surface area contributed by atoms with Gasteiger partial charge in [0.15, 0.2) is 5.78 Å². The van der Waals surface area contributed by atoms with Crippen LogP contribution in [0, 0.1) is 11.8 Å². The summed E-state index contributed by atoms with van der Waals surface area (Å²) in [5.41, 5.74) is -0.0704. The first kappa shape index (κ1) is 29.8. The molecule has 0 fully saturated rings. The fourth-order valence-electron chi connectivity index (χ4n) is 3.91. The first-order valence-electron chi connectivity index (χ1n) is 12.9. The highest BCUT2D eigenvalue weighted by Gasteiger charge is 2.28. The lowest BCUT2D eigenvalue weighted by Gasteiger charge is -2.19. The van der Waals surface area contributed by atoms with Crippen LogP contribution in [0.2, 0.25) is 0 Å². The molecule has 1 amide bonds. The molecule has 0 saturated carbocycles. The van der Waals surface area contributed by atoms with E-state index in [1.54, 1.807) is 6.92 Å². The van der Waals surface area contributed by atoms with Crippen molar-refractivity contribution in [3.05, 3.63) is 57.6 Å². The Bertz CT molecular complexity index is 1100. The van der Waals surface area contributed by atoms with Crippen LogP contribution >= 0.6 is 0 Å². The quantitative estimate of drug-likeness (QED) is 0.178. The maximum Gasteiger partial charge on any atom is 0.432 e. The van der Waals surface area contributed by atoms with Crippen molar-refractivity contribution in [2.45, 2.75) is 72.1 Å². The Hall–Kier alpha value is -3.42. The molecule has 37 heavy (non-hydrogen) atoms. The van der Waals surface area contributed by atoms with Gasteiger partial charge in [-0.3, -0.25) is 4.79 Å². The van der Waals surface area contributed by atoms with Gasteiger partial charge in [0.1, 0.15) is 22.8 Å². The van der Waals surface area contributed by atoms with Crippen LogP contribution in [0.5, 0.6) is 11.5 Å². The third kappa shape index (κ3) is 9.19. The summed E-state index contributed by atoms with van der Waals surface area (Å²) < 4.78 is 15.6. The molecule has 0 aliphatic heterocycles. The van der Waals surface area contributed by atoms with Crippen molar-refractivity contribution in [3.8, 4) is 11.5 Å². The average molecular weight is 514 g/mol. The van der Waals surface area contributed by atoms with Crippen molar-refractivity contribution >= 4 is 18.1 Å². The van der Waals surface area contributed by atoms with Crippen molar-refractivity contribution in [1.82, 2.24) is 0 Å². The van der Waals surface area contributed by atoms with Crippen LogP contribution in [0.4, 0.5) is 4.79 Å². The zero-order valence-corrected chi connectivity index (χ0v) is 22.5. The van der Waals surface area contributed by atoms with Gasteiger partial charge in [-0.15, -0.1) is 0 Å². The second-order valence-electron chi connectivity index (χ2n) is 9.49. The average Bonchev–Trinajstić information content (AvgIpc) is 2.88. The molecule has 1 aromatic carbocycles. The Labute approximate surface area is 218 Å². The number of Topliss-reactive ketones (excluding diaryl/α,β-unsaturated/α-hetero) is 1. The number of aromatic hydroxyl groups is 1. The summed E-state index contributed by atoms with van der Waals surface area (Å²) >= 11 is 0. The highest BCUT2D eigenvalue weighted by atomic mass is 16.5. The summed E-state index contributed by atoms with van der Waals surface area (Å²) in [7, 11) is 1.26. The second-order valence-corrected chi connectivity index (χ2v) is 9.49. The van der Waals surface area contributed by atoms with Gasteiger partial charge in [0.25, 0.3) is 0 Å². The summed E-state index contributed by atoms with van der Waals surface area (Å²) in [6.45, 7) is 8.38. The Morgan fingerprint density at radius 3 is 2.46 bits per heavy atom. The molecule has 0 aliphatic carbocycles. The number of methoxy groups -OCH3 is 1. The predicted octanol–water partition coefficient (Wildman–Crippen LogP) is 6.33. The van der Waals surface area contributed by atoms with Gasteiger partial charge in [-0.25, -0.2) is 9.59 Å². The first-order valence-corrected chi connectivity index (χ1v) is 12.9. The van der Waals surface area contributed by atoms with Crippen LogP contribution in [0.3, 0.4) is 0 Å². The van der Waals surface area contributed by atoms with Gasteiger partial charge in [0, 0.05) is 24.1 Å². The maximum absolute atomic E-state index is 13.1. The monoisotopic (exact) mass is 513 g/mol. The number of benzene rings is 1. The van der Waals surface area contributed by atoms with Crippen molar-refractivity contribution in [3.63, 3.8) is 0 Å². The Balaban J connectivity index is 1.99. The molecule has 202 valence electrons. The SMILES string of the molecule is CCCCOc1ccc(CC(C)C(C)C(=O)c2c(O)cc(C(C)CCCC=NC(=O)OC)oc2=O)cc1. The summed E-state index contributed by atoms with van der Waals surface area (Å²) in [4.78, 5) is 40.4. The van der Waals surface area contributed by atoms with Crippen LogP contribution < -0.4 is 10.4 Å². The van der Waals surface area contributed by atoms with Gasteiger partial charge in [0.2, 0.25) is 0 Å². The molecule has 0 saturated heterocycles. The molecule has 2 aromatic rings. The minimum atomic E-state index is -0.827. The Kier molecular flexibility index (Phi) is 12.1. The summed E-state index contributed by atoms with van der Waals surface area (Å²) in [5.74, 6) is -0.389. The van der Waals surface area contributed by atoms with E-state index in [-0.39, 0.29) is 23.1 Å². The van der Waals surface area contributed by atoms with Gasteiger partial charge in [0.05, 0.1) is 13.7 Å². The van der Waals surface area contributed by atoms with E-state index in [9.17, 15) is 19.5 Å². The third-order valence-corrected chi connectivity index (χ3v) is 6.54. The summed E-state index contributed by atoms with van der Waals surface area (Å²) in [5, 5.41) is 10.6. The summed E-state index contributed by atoms with van der Waals surface area (Å²) in [6.07, 6.45) is 5.43. The van der Waals surface area contributed by atoms with Crippen molar-refractivity contribution < 1.29 is 28.6 Å². The number of amides is 1. The summed E-state index contributed by atoms with van der Waals surface area (Å²) in [6, 6.07) is 9.18. The molecule has 1 heterocycles. The molecule has 3 unspecified atom stereocenters. The van der Waals surface area contributed by atoms with Crippen LogP contribution in [0.25, 0.3) is 0 Å². The van der Waals surface area contributed by atoms with E-state index in [4.69, 9.17) is 9.15 Å². The molecular formula is C29H39NO7. The van der Waals surface area contributed by atoms with Gasteiger partial charge in [-0.2, -0.15) is 4.99 Å². The van der Waals surface area contributed by atoms with Gasteiger partial charge < -0.3 is 19.0 Å². The van der Waals surface area contributed by atoms with Crippen LogP contribution in [0.15, 0.2) is 44.5 Å². The van der Waals surface area contributed by atoms with E-state index in [0.717, 1.165) is 24.2 Å². The Morgan fingerprint density at radius 1 is 1.14 bits per heavy atom. The number of hydrogen-bond donors (Lipinski definition) is 1. The van der Waals surface area contributed by atoms with Crippen molar-refractivity contribution in [1.29, 1.82) is 0 Å². The van der Waals surface area contributed by atoms with E-state index in [1.807, 2.05) is 38.1 Å². The number of ether oxygens (including phenoxy) is 2. The first-order chi connectivity index (χ1) is 17.7. The maximum atomic E-state index is 13.1. The lowest BCUT2D eigenvalue weighted by Crippen LogP contribution is -2.26. The number of nitrogens with zero attached hydrogens (tertiary/aromatic N) is 1. The molecule has 1 N–H and O–H groups in total. The van der Waals surface area contributed by atoms with Crippen LogP contribution in [-0.2, 0) is 11.2 Å². The topological polar surface area (TPSA) is 115 Å². The standard InChI is InChI=1S/C29H39NO7/c1-6-7-16-36-23-13-11-22(12-14-23)17-20(3)21(4)27(32)26-24(31)18-25(37-28(26)33)19(2)10-8-9-15-30-29(34)35-5/h11-15,18-21,31H,6-10,16-17H2,1-5H3. The minimum Gasteiger partial charge on any atom is -0.507 e. The van der Waals surface area contributed by atoms with Crippen molar-refractivity contribution in [2.24, 2.45) is 16.8 Å². The fourth-order valence-corrected chi connectivity index (χ4v) is 3.91. The zero-order valence-electron chi connectivity index (χ0n) is 22.5.